The molecule has 0 bridgehead atoms. The summed E-state index contributed by atoms with van der Waals surface area (Å²) in [6, 6.07) is 0. The van der Waals surface area contributed by atoms with E-state index in [1.807, 2.05) is 0 Å². The van der Waals surface area contributed by atoms with Gasteiger partial charge in [-0.15, -0.1) is 0 Å². The SMILES string of the molecule is CCC[N+](C)(C)C.C[N+](C)(C)CCO. The highest BCUT2D eigenvalue weighted by molar-refractivity contribution is 4.20. The van der Waals surface area contributed by atoms with E-state index in [4.69, 9.17) is 5.11 Å². The number of quaternary nitrogens is 2. The van der Waals surface area contributed by atoms with E-state index in [2.05, 4.69) is 49.2 Å². The first kappa shape index (κ1) is 16.3. The zero-order valence-electron chi connectivity index (χ0n) is 11.2. The second-order valence-corrected chi connectivity index (χ2v) is 5.75. The minimum Gasteiger partial charge on any atom is -0.391 e. The predicted octanol–water partition coefficient (Wildman–Crippen LogP) is 0.788. The molecule has 0 heterocycles. The fourth-order valence-corrected chi connectivity index (χ4v) is 0.971. The average Bonchev–Trinajstić information content (AvgIpc) is 1.81. The Morgan fingerprint density at radius 1 is 0.786 bits per heavy atom. The van der Waals surface area contributed by atoms with Crippen molar-refractivity contribution in [2.45, 2.75) is 13.3 Å². The lowest BCUT2D eigenvalue weighted by Crippen LogP contribution is -2.36. The first-order valence-corrected chi connectivity index (χ1v) is 5.34. The molecule has 0 aromatic rings. The highest BCUT2D eigenvalue weighted by Crippen LogP contribution is 1.90. The Balaban J connectivity index is 0. The smallest absolute Gasteiger partial charge is 0.101 e. The number of rotatable bonds is 4. The van der Waals surface area contributed by atoms with Gasteiger partial charge in [0.05, 0.1) is 55.4 Å². The van der Waals surface area contributed by atoms with Crippen LogP contribution in [-0.2, 0) is 0 Å². The molecular formula is C11H30N2O+2. The van der Waals surface area contributed by atoms with Crippen molar-refractivity contribution >= 4 is 0 Å². The molecule has 0 spiro atoms. The van der Waals surface area contributed by atoms with Gasteiger partial charge in [-0.1, -0.05) is 6.92 Å². The highest BCUT2D eigenvalue weighted by Gasteiger charge is 2.02. The molecule has 0 aliphatic carbocycles. The van der Waals surface area contributed by atoms with Crippen molar-refractivity contribution in [3.63, 3.8) is 0 Å². The van der Waals surface area contributed by atoms with Crippen molar-refractivity contribution in [3.8, 4) is 0 Å². The van der Waals surface area contributed by atoms with Crippen LogP contribution in [0.15, 0.2) is 0 Å². The van der Waals surface area contributed by atoms with Gasteiger partial charge >= 0.3 is 0 Å². The van der Waals surface area contributed by atoms with Crippen molar-refractivity contribution in [2.75, 3.05) is 62.0 Å². The number of hydrogen-bond donors (Lipinski definition) is 1. The van der Waals surface area contributed by atoms with Gasteiger partial charge < -0.3 is 14.1 Å². The molecule has 1 N–H and O–H groups in total. The number of hydrogen-bond acceptors (Lipinski definition) is 1. The Labute approximate surface area is 90.1 Å². The molecule has 0 saturated carbocycles. The monoisotopic (exact) mass is 206 g/mol. The molecule has 0 unspecified atom stereocenters. The van der Waals surface area contributed by atoms with Gasteiger partial charge in [0.25, 0.3) is 0 Å². The van der Waals surface area contributed by atoms with Crippen LogP contribution in [0.2, 0.25) is 0 Å². The van der Waals surface area contributed by atoms with E-state index >= 15 is 0 Å². The predicted molar refractivity (Wildman–Crippen MR) is 63.2 cm³/mol. The summed E-state index contributed by atoms with van der Waals surface area (Å²) in [6.45, 7) is 4.60. The molecule has 0 fully saturated rings. The lowest BCUT2D eigenvalue weighted by atomic mass is 10.4. The Morgan fingerprint density at radius 2 is 1.14 bits per heavy atom. The summed E-state index contributed by atoms with van der Waals surface area (Å²) >= 11 is 0. The molecule has 0 saturated heterocycles. The first-order valence-electron chi connectivity index (χ1n) is 5.34. The molecular weight excluding hydrogens is 176 g/mol. The Bertz CT molecular complexity index is 106. The van der Waals surface area contributed by atoms with Crippen molar-refractivity contribution in [1.82, 2.24) is 0 Å². The van der Waals surface area contributed by atoms with Gasteiger partial charge in [-0.25, -0.2) is 0 Å². The molecule has 0 aliphatic rings. The molecule has 0 atom stereocenters. The van der Waals surface area contributed by atoms with Crippen molar-refractivity contribution in [3.05, 3.63) is 0 Å². The number of aliphatic hydroxyl groups excluding tert-OH is 1. The summed E-state index contributed by atoms with van der Waals surface area (Å²) in [6.07, 6.45) is 1.28. The summed E-state index contributed by atoms with van der Waals surface area (Å²) in [5.74, 6) is 0. The third-order valence-corrected chi connectivity index (χ3v) is 1.67. The molecule has 14 heavy (non-hydrogen) atoms. The van der Waals surface area contributed by atoms with Crippen LogP contribution in [0.25, 0.3) is 0 Å². The van der Waals surface area contributed by atoms with Crippen molar-refractivity contribution < 1.29 is 14.1 Å². The van der Waals surface area contributed by atoms with E-state index in [9.17, 15) is 0 Å². The molecule has 0 aliphatic heterocycles. The minimum atomic E-state index is 0.281. The van der Waals surface area contributed by atoms with Gasteiger partial charge in [0.1, 0.15) is 6.54 Å². The zero-order chi connectivity index (χ0) is 11.8. The summed E-state index contributed by atoms with van der Waals surface area (Å²) in [7, 11) is 12.8. The third kappa shape index (κ3) is 22.6. The van der Waals surface area contributed by atoms with Crippen molar-refractivity contribution in [2.24, 2.45) is 0 Å². The molecule has 0 radical (unpaired) electrons. The number of aliphatic hydroxyl groups is 1. The third-order valence-electron chi connectivity index (χ3n) is 1.67. The lowest BCUT2D eigenvalue weighted by molar-refractivity contribution is -0.870. The average molecular weight is 206 g/mol. The summed E-state index contributed by atoms with van der Waals surface area (Å²) in [5.41, 5.74) is 0. The van der Waals surface area contributed by atoms with E-state index in [-0.39, 0.29) is 6.61 Å². The van der Waals surface area contributed by atoms with E-state index in [1.54, 1.807) is 0 Å². The van der Waals surface area contributed by atoms with E-state index in [0.29, 0.717) is 0 Å². The lowest BCUT2D eigenvalue weighted by Gasteiger charge is -2.22. The maximum absolute atomic E-state index is 8.39. The van der Waals surface area contributed by atoms with E-state index < -0.39 is 0 Å². The molecule has 0 rings (SSSR count). The van der Waals surface area contributed by atoms with Gasteiger partial charge in [-0.3, -0.25) is 0 Å². The van der Waals surface area contributed by atoms with Gasteiger partial charge in [0, 0.05) is 0 Å². The van der Waals surface area contributed by atoms with Crippen LogP contribution < -0.4 is 0 Å². The van der Waals surface area contributed by atoms with Crippen LogP contribution in [0.5, 0.6) is 0 Å². The molecule has 0 aromatic heterocycles. The maximum atomic E-state index is 8.39. The molecule has 3 nitrogen and oxygen atoms in total. The fraction of sp³-hybridized carbons (Fsp3) is 1.00. The molecule has 0 amide bonds. The van der Waals surface area contributed by atoms with E-state index in [0.717, 1.165) is 15.5 Å². The zero-order valence-corrected chi connectivity index (χ0v) is 11.2. The summed E-state index contributed by atoms with van der Waals surface area (Å²) in [4.78, 5) is 0. The Hall–Kier alpha value is -0.120. The number of nitrogens with zero attached hydrogens (tertiary/aromatic N) is 2. The second kappa shape index (κ2) is 7.21. The minimum absolute atomic E-state index is 0.281. The molecule has 0 aromatic carbocycles. The summed E-state index contributed by atoms with van der Waals surface area (Å²) < 4.78 is 1.94. The van der Waals surface area contributed by atoms with E-state index in [1.165, 1.54) is 13.0 Å². The quantitative estimate of drug-likeness (QED) is 0.674. The Kier molecular flexibility index (Phi) is 8.40. The second-order valence-electron chi connectivity index (χ2n) is 5.75. The van der Waals surface area contributed by atoms with Crippen LogP contribution in [0.1, 0.15) is 13.3 Å². The van der Waals surface area contributed by atoms with Gasteiger partial charge in [0.15, 0.2) is 0 Å². The van der Waals surface area contributed by atoms with Gasteiger partial charge in [-0.05, 0) is 6.42 Å². The normalized spacial score (nSPS) is 12.0. The Morgan fingerprint density at radius 3 is 1.14 bits per heavy atom. The standard InChI is InChI=1S/C6H16N.C5H14NO/c1-5-6-7(2,3)4;1-6(2,3)4-5-7/h5-6H2,1-4H3;7H,4-5H2,1-3H3/q2*+1. The van der Waals surface area contributed by atoms with Crippen LogP contribution >= 0.6 is 0 Å². The van der Waals surface area contributed by atoms with Crippen LogP contribution in [-0.4, -0.2) is 76.1 Å². The molecule has 3 heteroatoms. The van der Waals surface area contributed by atoms with Gasteiger partial charge in [-0.2, -0.15) is 0 Å². The van der Waals surface area contributed by atoms with Crippen molar-refractivity contribution in [1.29, 1.82) is 0 Å². The summed E-state index contributed by atoms with van der Waals surface area (Å²) in [5, 5.41) is 8.39. The number of likely N-dealkylation sites (N-methyl/N-ethyl adjacent to an activating group) is 1. The topological polar surface area (TPSA) is 20.2 Å². The molecule has 88 valence electrons. The fourth-order valence-electron chi connectivity index (χ4n) is 0.971. The van der Waals surface area contributed by atoms with Crippen LogP contribution in [0, 0.1) is 0 Å². The highest BCUT2D eigenvalue weighted by atomic mass is 16.3. The van der Waals surface area contributed by atoms with Crippen LogP contribution in [0.4, 0.5) is 0 Å². The van der Waals surface area contributed by atoms with Gasteiger partial charge in [0.2, 0.25) is 0 Å². The maximum Gasteiger partial charge on any atom is 0.101 e. The largest absolute Gasteiger partial charge is 0.391 e. The first-order chi connectivity index (χ1) is 6.12. The van der Waals surface area contributed by atoms with Crippen LogP contribution in [0.3, 0.4) is 0 Å².